The zero-order valence-electron chi connectivity index (χ0n) is 8.43. The topological polar surface area (TPSA) is 13.6 Å². The lowest BCUT2D eigenvalue weighted by molar-refractivity contribution is 0.485. The van der Waals surface area contributed by atoms with Crippen LogP contribution in [0.5, 0.6) is 11.5 Å². The Hall–Kier alpha value is -1.79. The Bertz CT molecular complexity index is 528. The minimum absolute atomic E-state index is 0.630. The first-order valence-corrected chi connectivity index (χ1v) is 5.52. The van der Waals surface area contributed by atoms with E-state index in [2.05, 4.69) is 20.8 Å². The first-order valence-electron chi connectivity index (χ1n) is 4.73. The lowest BCUT2D eigenvalue weighted by Gasteiger charge is -2.03. The van der Waals surface area contributed by atoms with E-state index in [9.17, 15) is 0 Å². The molecule has 0 saturated carbocycles. The van der Waals surface area contributed by atoms with Gasteiger partial charge in [-0.3, -0.25) is 0 Å². The predicted molar refractivity (Wildman–Crippen MR) is 68.6 cm³/mol. The fourth-order valence-electron chi connectivity index (χ4n) is 1.28. The highest BCUT2D eigenvalue weighted by Gasteiger charge is 2.10. The zero-order valence-corrected chi connectivity index (χ0v) is 10.0. The standard InChI is InChI=1S/C13H9BrNO/c1-15-12-4-2-3-5-13(12)16-11-8-6-10(14)7-9-11/h1-9H/q+1. The summed E-state index contributed by atoms with van der Waals surface area (Å²) in [4.78, 5) is 3.65. The Morgan fingerprint density at radius 2 is 1.69 bits per heavy atom. The average molecular weight is 275 g/mol. The Morgan fingerprint density at radius 3 is 2.38 bits per heavy atom. The van der Waals surface area contributed by atoms with Crippen LogP contribution in [0.15, 0.2) is 53.0 Å². The van der Waals surface area contributed by atoms with E-state index in [0.717, 1.165) is 10.2 Å². The number of hydrogen-bond acceptors (Lipinski definition) is 1. The molecule has 0 saturated heterocycles. The highest BCUT2D eigenvalue weighted by molar-refractivity contribution is 9.10. The van der Waals surface area contributed by atoms with Gasteiger partial charge in [0, 0.05) is 10.5 Å². The first kappa shape index (κ1) is 10.7. The summed E-state index contributed by atoms with van der Waals surface area (Å²) in [5.74, 6) is 1.40. The molecule has 0 atom stereocenters. The van der Waals surface area contributed by atoms with Crippen LogP contribution in [0.1, 0.15) is 0 Å². The molecule has 0 heterocycles. The van der Waals surface area contributed by atoms with E-state index >= 15 is 0 Å². The molecule has 2 nitrogen and oxygen atoms in total. The molecule has 0 aliphatic heterocycles. The quantitative estimate of drug-likeness (QED) is 0.764. The minimum atomic E-state index is 0.630. The Morgan fingerprint density at radius 1 is 1.00 bits per heavy atom. The van der Waals surface area contributed by atoms with Gasteiger partial charge < -0.3 is 4.74 Å². The Kier molecular flexibility index (Phi) is 3.23. The van der Waals surface area contributed by atoms with Crippen LogP contribution in [0.2, 0.25) is 0 Å². The van der Waals surface area contributed by atoms with Crippen LogP contribution in [0.3, 0.4) is 0 Å². The summed E-state index contributed by atoms with van der Waals surface area (Å²) in [5, 5.41) is 0. The van der Waals surface area contributed by atoms with Crippen LogP contribution >= 0.6 is 15.9 Å². The molecule has 0 bridgehead atoms. The lowest BCUT2D eigenvalue weighted by atomic mass is 10.3. The van der Waals surface area contributed by atoms with Gasteiger partial charge in [-0.05, 0) is 35.2 Å². The van der Waals surface area contributed by atoms with Gasteiger partial charge in [-0.25, -0.2) is 0 Å². The van der Waals surface area contributed by atoms with Gasteiger partial charge in [0.1, 0.15) is 5.75 Å². The van der Waals surface area contributed by atoms with Crippen molar-refractivity contribution >= 4 is 21.6 Å². The Balaban J connectivity index is 2.27. The third-order valence-corrected chi connectivity index (χ3v) is 2.57. The molecule has 0 aliphatic carbocycles. The summed E-state index contributed by atoms with van der Waals surface area (Å²) in [5.41, 5.74) is 0.630. The van der Waals surface area contributed by atoms with Gasteiger partial charge in [0.2, 0.25) is 5.75 Å². The molecule has 2 aromatic carbocycles. The van der Waals surface area contributed by atoms with Crippen molar-refractivity contribution in [3.8, 4) is 18.1 Å². The summed E-state index contributed by atoms with van der Waals surface area (Å²) >= 11 is 3.36. The SMILES string of the molecule is C#[N+]c1ccccc1Oc1ccc(Br)cc1. The second-order valence-corrected chi connectivity index (χ2v) is 4.07. The maximum atomic E-state index is 5.66. The number of benzene rings is 2. The fourth-order valence-corrected chi connectivity index (χ4v) is 1.54. The summed E-state index contributed by atoms with van der Waals surface area (Å²) in [6.07, 6.45) is 0. The number of rotatable bonds is 2. The summed E-state index contributed by atoms with van der Waals surface area (Å²) < 4.78 is 6.67. The highest BCUT2D eigenvalue weighted by atomic mass is 79.9. The van der Waals surface area contributed by atoms with E-state index in [-0.39, 0.29) is 0 Å². The summed E-state index contributed by atoms with van der Waals surface area (Å²) in [6, 6.07) is 14.9. The number of halogens is 1. The predicted octanol–water partition coefficient (Wildman–Crippen LogP) is 4.84. The number of nitrogens with zero attached hydrogens (tertiary/aromatic N) is 1. The smallest absolute Gasteiger partial charge is 0.381 e. The van der Waals surface area contributed by atoms with E-state index in [0.29, 0.717) is 11.4 Å². The molecule has 0 spiro atoms. The van der Waals surface area contributed by atoms with Gasteiger partial charge in [0.05, 0.1) is 0 Å². The molecule has 0 unspecified atom stereocenters. The molecule has 0 aliphatic rings. The zero-order chi connectivity index (χ0) is 11.4. The van der Waals surface area contributed by atoms with Crippen molar-refractivity contribution in [2.24, 2.45) is 0 Å². The largest absolute Gasteiger partial charge is 0.449 e. The van der Waals surface area contributed by atoms with Gasteiger partial charge in [0.25, 0.3) is 6.57 Å². The van der Waals surface area contributed by atoms with Crippen molar-refractivity contribution in [3.05, 3.63) is 57.8 Å². The van der Waals surface area contributed by atoms with Crippen molar-refractivity contribution < 1.29 is 4.74 Å². The molecule has 78 valence electrons. The van der Waals surface area contributed by atoms with Crippen LogP contribution in [-0.4, -0.2) is 0 Å². The normalized spacial score (nSPS) is 9.50. The van der Waals surface area contributed by atoms with Crippen LogP contribution in [0.4, 0.5) is 5.69 Å². The average Bonchev–Trinajstić information content (AvgIpc) is 2.33. The molecule has 3 heteroatoms. The van der Waals surface area contributed by atoms with Crippen LogP contribution in [0, 0.1) is 6.57 Å². The molecule has 2 rings (SSSR count). The van der Waals surface area contributed by atoms with Gasteiger partial charge in [-0.2, -0.15) is 0 Å². The molecule has 16 heavy (non-hydrogen) atoms. The fraction of sp³-hybridized carbons (Fsp3) is 0. The molecule has 0 fully saturated rings. The van der Waals surface area contributed by atoms with E-state index in [1.807, 2.05) is 42.5 Å². The Labute approximate surface area is 102 Å². The number of para-hydroxylation sites is 2. The van der Waals surface area contributed by atoms with Gasteiger partial charge >= 0.3 is 5.69 Å². The van der Waals surface area contributed by atoms with Crippen LogP contribution in [0.25, 0.3) is 4.85 Å². The number of hydrogen-bond donors (Lipinski definition) is 0. The second kappa shape index (κ2) is 4.82. The lowest BCUT2D eigenvalue weighted by Crippen LogP contribution is -1.83. The molecule has 0 N–H and O–H groups in total. The third-order valence-electron chi connectivity index (χ3n) is 2.05. The monoisotopic (exact) mass is 274 g/mol. The van der Waals surface area contributed by atoms with Crippen molar-refractivity contribution in [1.82, 2.24) is 0 Å². The van der Waals surface area contributed by atoms with Crippen molar-refractivity contribution in [3.63, 3.8) is 0 Å². The first-order chi connectivity index (χ1) is 7.79. The molecule has 2 aromatic rings. The summed E-state index contributed by atoms with van der Waals surface area (Å²) in [6.45, 7) is 5.27. The molecule has 0 amide bonds. The van der Waals surface area contributed by atoms with Crippen LogP contribution < -0.4 is 4.74 Å². The molecular formula is C13H9BrNO+. The van der Waals surface area contributed by atoms with Gasteiger partial charge in [-0.1, -0.05) is 28.1 Å². The van der Waals surface area contributed by atoms with Crippen molar-refractivity contribution in [2.45, 2.75) is 0 Å². The minimum Gasteiger partial charge on any atom is -0.449 e. The van der Waals surface area contributed by atoms with Crippen molar-refractivity contribution in [1.29, 1.82) is 0 Å². The maximum absolute atomic E-state index is 5.66. The summed E-state index contributed by atoms with van der Waals surface area (Å²) in [7, 11) is 0. The molecule has 0 radical (unpaired) electrons. The van der Waals surface area contributed by atoms with Gasteiger partial charge in [-0.15, -0.1) is 0 Å². The van der Waals surface area contributed by atoms with Gasteiger partial charge in [0.15, 0.2) is 0 Å². The molecular weight excluding hydrogens is 266 g/mol. The van der Waals surface area contributed by atoms with Crippen molar-refractivity contribution in [2.75, 3.05) is 0 Å². The van der Waals surface area contributed by atoms with E-state index in [4.69, 9.17) is 11.3 Å². The molecule has 0 aromatic heterocycles. The maximum Gasteiger partial charge on any atom is 0.381 e. The highest BCUT2D eigenvalue weighted by Crippen LogP contribution is 2.31. The number of ether oxygens (including phenoxy) is 1. The van der Waals surface area contributed by atoms with E-state index in [1.165, 1.54) is 0 Å². The van der Waals surface area contributed by atoms with E-state index < -0.39 is 0 Å². The van der Waals surface area contributed by atoms with E-state index in [1.54, 1.807) is 6.07 Å². The third kappa shape index (κ3) is 2.41. The van der Waals surface area contributed by atoms with Crippen LogP contribution in [-0.2, 0) is 0 Å². The second-order valence-electron chi connectivity index (χ2n) is 3.15.